The third-order valence-corrected chi connectivity index (χ3v) is 2.71. The van der Waals surface area contributed by atoms with Crippen molar-refractivity contribution in [2.75, 3.05) is 0 Å². The van der Waals surface area contributed by atoms with Crippen molar-refractivity contribution < 1.29 is 9.63 Å². The molecule has 18 heavy (non-hydrogen) atoms. The molecule has 3 nitrogen and oxygen atoms in total. The van der Waals surface area contributed by atoms with Gasteiger partial charge >= 0.3 is 0 Å². The molecule has 0 saturated heterocycles. The third kappa shape index (κ3) is 5.82. The number of unbranched alkanes of at least 4 members (excludes halogenated alkanes) is 2. The quantitative estimate of drug-likeness (QED) is 0.594. The summed E-state index contributed by atoms with van der Waals surface area (Å²) in [6, 6.07) is 6.25. The standard InChI is InChI=1S/C15H23NO2/c1-4-5-6-7-15(17)16-18-11-14-9-12(2)8-13(3)10-14/h8-10H,4-7,11H2,1-3H3,(H,16,17). The number of carbonyl (C=O) groups is 1. The maximum absolute atomic E-state index is 11.4. The number of carbonyl (C=O) groups excluding carboxylic acids is 1. The van der Waals surface area contributed by atoms with Gasteiger partial charge in [-0.2, -0.15) is 0 Å². The number of benzene rings is 1. The fourth-order valence-electron chi connectivity index (χ4n) is 1.94. The first-order valence-electron chi connectivity index (χ1n) is 6.59. The molecule has 1 aromatic carbocycles. The minimum Gasteiger partial charge on any atom is -0.273 e. The first-order valence-corrected chi connectivity index (χ1v) is 6.59. The minimum absolute atomic E-state index is 0.0344. The number of hydroxylamine groups is 1. The summed E-state index contributed by atoms with van der Waals surface area (Å²) in [4.78, 5) is 16.6. The largest absolute Gasteiger partial charge is 0.273 e. The van der Waals surface area contributed by atoms with Crippen LogP contribution >= 0.6 is 0 Å². The molecule has 0 unspecified atom stereocenters. The highest BCUT2D eigenvalue weighted by Crippen LogP contribution is 2.09. The molecule has 0 aromatic heterocycles. The summed E-state index contributed by atoms with van der Waals surface area (Å²) in [7, 11) is 0. The van der Waals surface area contributed by atoms with E-state index in [0.29, 0.717) is 13.0 Å². The van der Waals surface area contributed by atoms with Gasteiger partial charge in [-0.05, 0) is 25.8 Å². The van der Waals surface area contributed by atoms with Crippen molar-refractivity contribution in [3.05, 3.63) is 34.9 Å². The van der Waals surface area contributed by atoms with Gasteiger partial charge in [0, 0.05) is 6.42 Å². The van der Waals surface area contributed by atoms with Gasteiger partial charge in [0.25, 0.3) is 0 Å². The van der Waals surface area contributed by atoms with E-state index < -0.39 is 0 Å². The van der Waals surface area contributed by atoms with Gasteiger partial charge < -0.3 is 0 Å². The van der Waals surface area contributed by atoms with E-state index in [2.05, 4.69) is 44.5 Å². The molecule has 100 valence electrons. The molecule has 0 heterocycles. The molecule has 0 aliphatic carbocycles. The van der Waals surface area contributed by atoms with Gasteiger partial charge in [0.05, 0.1) is 6.61 Å². The zero-order valence-electron chi connectivity index (χ0n) is 11.6. The van der Waals surface area contributed by atoms with Crippen LogP contribution in [0.1, 0.15) is 49.3 Å². The van der Waals surface area contributed by atoms with Crippen LogP contribution in [0.5, 0.6) is 0 Å². The van der Waals surface area contributed by atoms with Crippen LogP contribution in [0.15, 0.2) is 18.2 Å². The van der Waals surface area contributed by atoms with Crippen LogP contribution in [0.2, 0.25) is 0 Å². The van der Waals surface area contributed by atoms with Crippen LogP contribution in [0, 0.1) is 13.8 Å². The summed E-state index contributed by atoms with van der Waals surface area (Å²) in [6.07, 6.45) is 3.68. The average Bonchev–Trinajstić information content (AvgIpc) is 2.28. The second-order valence-electron chi connectivity index (χ2n) is 4.77. The molecule has 0 saturated carbocycles. The normalized spacial score (nSPS) is 10.4. The molecule has 1 rings (SSSR count). The summed E-state index contributed by atoms with van der Waals surface area (Å²) in [6.45, 7) is 6.65. The molecule has 0 radical (unpaired) electrons. The van der Waals surface area contributed by atoms with E-state index in [0.717, 1.165) is 24.8 Å². The van der Waals surface area contributed by atoms with E-state index in [4.69, 9.17) is 4.84 Å². The van der Waals surface area contributed by atoms with E-state index in [1.807, 2.05) is 0 Å². The van der Waals surface area contributed by atoms with Gasteiger partial charge in [-0.25, -0.2) is 5.48 Å². The predicted octanol–water partition coefficient (Wildman–Crippen LogP) is 3.43. The molecule has 0 fully saturated rings. The highest BCUT2D eigenvalue weighted by molar-refractivity contribution is 5.74. The van der Waals surface area contributed by atoms with Crippen molar-refractivity contribution in [3.63, 3.8) is 0 Å². The summed E-state index contributed by atoms with van der Waals surface area (Å²) < 4.78 is 0. The lowest BCUT2D eigenvalue weighted by molar-refractivity contribution is -0.134. The number of nitrogens with one attached hydrogen (secondary N) is 1. The number of aryl methyl sites for hydroxylation is 2. The number of hydrogen-bond acceptors (Lipinski definition) is 2. The molecular formula is C15H23NO2. The van der Waals surface area contributed by atoms with Crippen molar-refractivity contribution in [2.45, 2.75) is 53.1 Å². The van der Waals surface area contributed by atoms with Crippen molar-refractivity contribution in [1.82, 2.24) is 5.48 Å². The van der Waals surface area contributed by atoms with E-state index in [9.17, 15) is 4.79 Å². The number of hydrogen-bond donors (Lipinski definition) is 1. The molecule has 0 bridgehead atoms. The Balaban J connectivity index is 2.26. The smallest absolute Gasteiger partial charge is 0.243 e. The molecule has 0 spiro atoms. The lowest BCUT2D eigenvalue weighted by Crippen LogP contribution is -2.23. The topological polar surface area (TPSA) is 38.3 Å². The van der Waals surface area contributed by atoms with Crippen LogP contribution in [0.25, 0.3) is 0 Å². The summed E-state index contributed by atoms with van der Waals surface area (Å²) in [5.41, 5.74) is 6.00. The second-order valence-corrected chi connectivity index (χ2v) is 4.77. The van der Waals surface area contributed by atoms with Crippen LogP contribution in [-0.4, -0.2) is 5.91 Å². The molecule has 3 heteroatoms. The lowest BCUT2D eigenvalue weighted by Gasteiger charge is -2.07. The van der Waals surface area contributed by atoms with Gasteiger partial charge in [-0.15, -0.1) is 0 Å². The average molecular weight is 249 g/mol. The number of amides is 1. The van der Waals surface area contributed by atoms with Gasteiger partial charge in [-0.1, -0.05) is 49.1 Å². The van der Waals surface area contributed by atoms with Crippen molar-refractivity contribution in [2.24, 2.45) is 0 Å². The third-order valence-electron chi connectivity index (χ3n) is 2.71. The SMILES string of the molecule is CCCCCC(=O)NOCc1cc(C)cc(C)c1. The fraction of sp³-hybridized carbons (Fsp3) is 0.533. The first kappa shape index (κ1) is 14.7. The Bertz CT molecular complexity index is 368. The highest BCUT2D eigenvalue weighted by atomic mass is 16.6. The summed E-state index contributed by atoms with van der Waals surface area (Å²) in [5, 5.41) is 0. The highest BCUT2D eigenvalue weighted by Gasteiger charge is 2.01. The summed E-state index contributed by atoms with van der Waals surface area (Å²) in [5.74, 6) is -0.0344. The Morgan fingerprint density at radius 1 is 1.17 bits per heavy atom. The zero-order valence-corrected chi connectivity index (χ0v) is 11.6. The molecule has 1 amide bonds. The van der Waals surface area contributed by atoms with E-state index >= 15 is 0 Å². The molecule has 0 aliphatic rings. The lowest BCUT2D eigenvalue weighted by atomic mass is 10.1. The maximum Gasteiger partial charge on any atom is 0.243 e. The molecule has 1 N–H and O–H groups in total. The van der Waals surface area contributed by atoms with Gasteiger partial charge in [-0.3, -0.25) is 9.63 Å². The molecule has 0 atom stereocenters. The van der Waals surface area contributed by atoms with Crippen LogP contribution in [0.3, 0.4) is 0 Å². The Kier molecular flexibility index (Phi) is 6.44. The van der Waals surface area contributed by atoms with Gasteiger partial charge in [0.15, 0.2) is 0 Å². The van der Waals surface area contributed by atoms with E-state index in [1.165, 1.54) is 11.1 Å². The zero-order chi connectivity index (χ0) is 13.4. The predicted molar refractivity (Wildman–Crippen MR) is 73.0 cm³/mol. The van der Waals surface area contributed by atoms with E-state index in [-0.39, 0.29) is 5.91 Å². The van der Waals surface area contributed by atoms with Gasteiger partial charge in [0.2, 0.25) is 5.91 Å². The fourth-order valence-corrected chi connectivity index (χ4v) is 1.94. The van der Waals surface area contributed by atoms with Crippen LogP contribution in [0.4, 0.5) is 0 Å². The molecule has 1 aromatic rings. The minimum atomic E-state index is -0.0344. The van der Waals surface area contributed by atoms with Gasteiger partial charge in [0.1, 0.15) is 0 Å². The van der Waals surface area contributed by atoms with Crippen molar-refractivity contribution in [1.29, 1.82) is 0 Å². The molecular weight excluding hydrogens is 226 g/mol. The molecule has 0 aliphatic heterocycles. The monoisotopic (exact) mass is 249 g/mol. The van der Waals surface area contributed by atoms with Crippen molar-refractivity contribution >= 4 is 5.91 Å². The van der Waals surface area contributed by atoms with Crippen LogP contribution < -0.4 is 5.48 Å². The Morgan fingerprint density at radius 3 is 2.44 bits per heavy atom. The second kappa shape index (κ2) is 7.88. The summed E-state index contributed by atoms with van der Waals surface area (Å²) >= 11 is 0. The number of rotatable bonds is 7. The Hall–Kier alpha value is -1.35. The Labute approximate surface area is 109 Å². The maximum atomic E-state index is 11.4. The Morgan fingerprint density at radius 2 is 1.83 bits per heavy atom. The van der Waals surface area contributed by atoms with E-state index in [1.54, 1.807) is 0 Å². The van der Waals surface area contributed by atoms with Crippen molar-refractivity contribution in [3.8, 4) is 0 Å². The first-order chi connectivity index (χ1) is 8.61. The van der Waals surface area contributed by atoms with Crippen LogP contribution in [-0.2, 0) is 16.2 Å².